The standard InChI is InChI=1S/C15H19F3N2O2/c1-9(21)20(8-7-12(22)19-15(2,3)4)11-6-5-10(16)13(17)14(11)18/h5-6H,7-8H2,1-4H3,(H,19,22). The number of nitrogens with one attached hydrogen (secondary N) is 1. The van der Waals surface area contributed by atoms with Crippen molar-refractivity contribution in [1.29, 1.82) is 0 Å². The predicted molar refractivity (Wildman–Crippen MR) is 76.9 cm³/mol. The van der Waals surface area contributed by atoms with Crippen molar-refractivity contribution in [3.63, 3.8) is 0 Å². The molecular weight excluding hydrogens is 297 g/mol. The summed E-state index contributed by atoms with van der Waals surface area (Å²) in [6.45, 7) is 6.40. The second kappa shape index (κ2) is 6.81. The molecule has 0 atom stereocenters. The van der Waals surface area contributed by atoms with Crippen LogP contribution in [0.15, 0.2) is 12.1 Å². The van der Waals surface area contributed by atoms with E-state index < -0.39 is 34.6 Å². The van der Waals surface area contributed by atoms with Crippen molar-refractivity contribution in [2.75, 3.05) is 11.4 Å². The summed E-state index contributed by atoms with van der Waals surface area (Å²) in [4.78, 5) is 24.3. The summed E-state index contributed by atoms with van der Waals surface area (Å²) >= 11 is 0. The molecule has 0 spiro atoms. The van der Waals surface area contributed by atoms with Crippen LogP contribution in [0, 0.1) is 17.5 Å². The third-order valence-corrected chi connectivity index (χ3v) is 2.76. The number of carbonyl (C=O) groups is 2. The Bertz CT molecular complexity index is 583. The van der Waals surface area contributed by atoms with Crippen LogP contribution in [-0.4, -0.2) is 23.9 Å². The van der Waals surface area contributed by atoms with E-state index in [4.69, 9.17) is 0 Å². The molecule has 7 heteroatoms. The molecule has 1 aromatic rings. The summed E-state index contributed by atoms with van der Waals surface area (Å²) in [7, 11) is 0. The molecule has 122 valence electrons. The summed E-state index contributed by atoms with van der Waals surface area (Å²) in [6, 6.07) is 1.70. The molecule has 0 saturated carbocycles. The number of hydrogen-bond acceptors (Lipinski definition) is 2. The lowest BCUT2D eigenvalue weighted by atomic mass is 10.1. The van der Waals surface area contributed by atoms with Crippen LogP contribution >= 0.6 is 0 Å². The summed E-state index contributed by atoms with van der Waals surface area (Å²) in [5.41, 5.74) is -0.833. The van der Waals surface area contributed by atoms with E-state index in [1.807, 2.05) is 0 Å². The van der Waals surface area contributed by atoms with Crippen molar-refractivity contribution < 1.29 is 22.8 Å². The minimum Gasteiger partial charge on any atom is -0.351 e. The van der Waals surface area contributed by atoms with Crippen LogP contribution in [0.5, 0.6) is 0 Å². The van der Waals surface area contributed by atoms with Gasteiger partial charge in [0.1, 0.15) is 0 Å². The molecule has 0 aliphatic rings. The van der Waals surface area contributed by atoms with Crippen LogP contribution in [0.3, 0.4) is 0 Å². The van der Waals surface area contributed by atoms with Crippen molar-refractivity contribution in [2.45, 2.75) is 39.7 Å². The van der Waals surface area contributed by atoms with E-state index in [2.05, 4.69) is 5.32 Å². The van der Waals surface area contributed by atoms with Gasteiger partial charge in [-0.2, -0.15) is 0 Å². The summed E-state index contributed by atoms with van der Waals surface area (Å²) in [5.74, 6) is -5.35. The van der Waals surface area contributed by atoms with Crippen LogP contribution in [0.4, 0.5) is 18.9 Å². The quantitative estimate of drug-likeness (QED) is 0.868. The molecule has 4 nitrogen and oxygen atoms in total. The number of anilines is 1. The summed E-state index contributed by atoms with van der Waals surface area (Å²) in [6.07, 6.45) is -0.0880. The Morgan fingerprint density at radius 3 is 2.23 bits per heavy atom. The zero-order valence-electron chi connectivity index (χ0n) is 13.0. The fourth-order valence-corrected chi connectivity index (χ4v) is 1.87. The van der Waals surface area contributed by atoms with Gasteiger partial charge in [-0.1, -0.05) is 0 Å². The minimum atomic E-state index is -1.65. The Labute approximate surface area is 127 Å². The van der Waals surface area contributed by atoms with Gasteiger partial charge >= 0.3 is 0 Å². The van der Waals surface area contributed by atoms with E-state index in [1.165, 1.54) is 0 Å². The fraction of sp³-hybridized carbons (Fsp3) is 0.467. The highest BCUT2D eigenvalue weighted by atomic mass is 19.2. The Kier molecular flexibility index (Phi) is 5.57. The molecule has 1 aromatic carbocycles. The summed E-state index contributed by atoms with van der Waals surface area (Å²) < 4.78 is 40.0. The van der Waals surface area contributed by atoms with Crippen LogP contribution in [0.25, 0.3) is 0 Å². The molecule has 1 N–H and O–H groups in total. The van der Waals surface area contributed by atoms with E-state index >= 15 is 0 Å². The molecule has 0 aliphatic heterocycles. The first-order valence-corrected chi connectivity index (χ1v) is 6.75. The molecule has 0 heterocycles. The average Bonchev–Trinajstić information content (AvgIpc) is 2.36. The molecule has 0 unspecified atom stereocenters. The molecule has 0 bridgehead atoms. The van der Waals surface area contributed by atoms with Gasteiger partial charge in [-0.05, 0) is 32.9 Å². The van der Waals surface area contributed by atoms with Crippen molar-refractivity contribution in [3.05, 3.63) is 29.6 Å². The van der Waals surface area contributed by atoms with Gasteiger partial charge in [-0.25, -0.2) is 13.2 Å². The largest absolute Gasteiger partial charge is 0.351 e. The Morgan fingerprint density at radius 2 is 1.73 bits per heavy atom. The maximum atomic E-state index is 13.8. The lowest BCUT2D eigenvalue weighted by Crippen LogP contribution is -2.42. The van der Waals surface area contributed by atoms with Crippen LogP contribution in [0.1, 0.15) is 34.1 Å². The lowest BCUT2D eigenvalue weighted by molar-refractivity contribution is -0.122. The molecule has 0 fully saturated rings. The maximum Gasteiger partial charge on any atom is 0.223 e. The van der Waals surface area contributed by atoms with Gasteiger partial charge in [0.2, 0.25) is 11.8 Å². The molecular formula is C15H19F3N2O2. The van der Waals surface area contributed by atoms with Crippen molar-refractivity contribution in [2.24, 2.45) is 0 Å². The molecule has 22 heavy (non-hydrogen) atoms. The van der Waals surface area contributed by atoms with Gasteiger partial charge in [0.15, 0.2) is 17.5 Å². The van der Waals surface area contributed by atoms with E-state index in [0.717, 1.165) is 24.0 Å². The maximum absolute atomic E-state index is 13.8. The zero-order chi connectivity index (χ0) is 17.1. The fourth-order valence-electron chi connectivity index (χ4n) is 1.87. The van der Waals surface area contributed by atoms with Gasteiger partial charge in [0.25, 0.3) is 0 Å². The first-order valence-electron chi connectivity index (χ1n) is 6.75. The molecule has 2 amide bonds. The van der Waals surface area contributed by atoms with Crippen molar-refractivity contribution >= 4 is 17.5 Å². The molecule has 0 aromatic heterocycles. The molecule has 0 saturated heterocycles. The highest BCUT2D eigenvalue weighted by Gasteiger charge is 2.22. The number of carbonyl (C=O) groups excluding carboxylic acids is 2. The minimum absolute atomic E-state index is 0.0880. The second-order valence-electron chi connectivity index (χ2n) is 5.91. The SMILES string of the molecule is CC(=O)N(CCC(=O)NC(C)(C)C)c1ccc(F)c(F)c1F. The van der Waals surface area contributed by atoms with E-state index in [0.29, 0.717) is 0 Å². The lowest BCUT2D eigenvalue weighted by Gasteiger charge is -2.24. The zero-order valence-corrected chi connectivity index (χ0v) is 13.0. The second-order valence-corrected chi connectivity index (χ2v) is 5.91. The van der Waals surface area contributed by atoms with Gasteiger partial charge in [-0.3, -0.25) is 9.59 Å². The van der Waals surface area contributed by atoms with Crippen molar-refractivity contribution in [3.8, 4) is 0 Å². The monoisotopic (exact) mass is 316 g/mol. The van der Waals surface area contributed by atoms with Crippen LogP contribution < -0.4 is 10.2 Å². The van der Waals surface area contributed by atoms with Gasteiger partial charge in [0, 0.05) is 25.4 Å². The number of amides is 2. The third-order valence-electron chi connectivity index (χ3n) is 2.76. The van der Waals surface area contributed by atoms with Crippen LogP contribution in [0.2, 0.25) is 0 Å². The molecule has 0 aliphatic carbocycles. The highest BCUT2D eigenvalue weighted by Crippen LogP contribution is 2.24. The van der Waals surface area contributed by atoms with Gasteiger partial charge < -0.3 is 10.2 Å². The molecule has 0 radical (unpaired) electrons. The number of benzene rings is 1. The third kappa shape index (κ3) is 4.75. The Morgan fingerprint density at radius 1 is 1.14 bits per heavy atom. The number of rotatable bonds is 4. The van der Waals surface area contributed by atoms with E-state index in [-0.39, 0.29) is 18.9 Å². The Balaban J connectivity index is 2.90. The number of hydrogen-bond donors (Lipinski definition) is 1. The topological polar surface area (TPSA) is 49.4 Å². The first-order chi connectivity index (χ1) is 10.0. The average molecular weight is 316 g/mol. The number of halogens is 3. The summed E-state index contributed by atoms with van der Waals surface area (Å²) in [5, 5.41) is 2.70. The molecule has 1 rings (SSSR count). The van der Waals surface area contributed by atoms with Crippen molar-refractivity contribution in [1.82, 2.24) is 5.32 Å². The van der Waals surface area contributed by atoms with E-state index in [9.17, 15) is 22.8 Å². The smallest absolute Gasteiger partial charge is 0.223 e. The van der Waals surface area contributed by atoms with Gasteiger partial charge in [-0.15, -0.1) is 0 Å². The van der Waals surface area contributed by atoms with Gasteiger partial charge in [0.05, 0.1) is 5.69 Å². The highest BCUT2D eigenvalue weighted by molar-refractivity contribution is 5.92. The predicted octanol–water partition coefficient (Wildman–Crippen LogP) is 2.76. The van der Waals surface area contributed by atoms with E-state index in [1.54, 1.807) is 20.8 Å². The Hall–Kier alpha value is -2.05. The first kappa shape index (κ1) is 18.0. The number of nitrogens with zero attached hydrogens (tertiary/aromatic N) is 1. The van der Waals surface area contributed by atoms with Crippen LogP contribution in [-0.2, 0) is 9.59 Å². The normalized spacial score (nSPS) is 11.2.